The number of nitro benzene ring substituents is 1. The molecule has 3 rings (SSSR count). The molecule has 0 aliphatic heterocycles. The van der Waals surface area contributed by atoms with Crippen LogP contribution >= 0.6 is 0 Å². The molecule has 21 heavy (non-hydrogen) atoms. The molecule has 6 nitrogen and oxygen atoms in total. The lowest BCUT2D eigenvalue weighted by molar-refractivity contribution is -0.384. The molecule has 0 unspecified atom stereocenters. The number of rotatable bonds is 3. The van der Waals surface area contributed by atoms with E-state index < -0.39 is 4.92 Å². The van der Waals surface area contributed by atoms with Crippen molar-refractivity contribution in [2.45, 2.75) is 0 Å². The minimum absolute atomic E-state index is 0.0611. The highest BCUT2D eigenvalue weighted by atomic mass is 19.1. The highest BCUT2D eigenvalue weighted by molar-refractivity contribution is 5.61. The smallest absolute Gasteiger partial charge is 0.270 e. The minimum Gasteiger partial charge on any atom is -0.334 e. The van der Waals surface area contributed by atoms with Gasteiger partial charge in [0.2, 0.25) is 5.82 Å². The maximum atomic E-state index is 12.9. The van der Waals surface area contributed by atoms with Crippen molar-refractivity contribution >= 4 is 5.69 Å². The number of benzene rings is 2. The fourth-order valence-corrected chi connectivity index (χ4v) is 1.81. The van der Waals surface area contributed by atoms with Gasteiger partial charge in [-0.25, -0.2) is 4.39 Å². The van der Waals surface area contributed by atoms with E-state index in [9.17, 15) is 14.5 Å². The first-order chi connectivity index (χ1) is 10.1. The van der Waals surface area contributed by atoms with E-state index in [0.29, 0.717) is 11.1 Å². The van der Waals surface area contributed by atoms with Crippen molar-refractivity contribution in [3.8, 4) is 22.8 Å². The largest absolute Gasteiger partial charge is 0.334 e. The Morgan fingerprint density at radius 2 is 1.86 bits per heavy atom. The van der Waals surface area contributed by atoms with Crippen LogP contribution in [0.25, 0.3) is 22.8 Å². The standard InChI is InChI=1S/C14H8FN3O3/c15-11-6-4-9(5-7-11)13-16-14(21-17-13)10-2-1-3-12(8-10)18(19)20/h1-8H. The monoisotopic (exact) mass is 285 g/mol. The molecule has 1 heterocycles. The number of hydrogen-bond acceptors (Lipinski definition) is 5. The molecule has 0 radical (unpaired) electrons. The number of non-ortho nitro benzene ring substituents is 1. The van der Waals surface area contributed by atoms with Crippen molar-refractivity contribution in [1.82, 2.24) is 10.1 Å². The molecule has 7 heteroatoms. The van der Waals surface area contributed by atoms with Gasteiger partial charge in [0.15, 0.2) is 0 Å². The van der Waals surface area contributed by atoms with Crippen LogP contribution in [0, 0.1) is 15.9 Å². The van der Waals surface area contributed by atoms with Crippen LogP contribution in [0.2, 0.25) is 0 Å². The molecule has 0 bridgehead atoms. The molecular formula is C14H8FN3O3. The molecule has 0 saturated carbocycles. The van der Waals surface area contributed by atoms with Gasteiger partial charge in [0.05, 0.1) is 4.92 Å². The molecule has 1 aromatic heterocycles. The highest BCUT2D eigenvalue weighted by Crippen LogP contribution is 2.25. The third-order valence-corrected chi connectivity index (χ3v) is 2.83. The Morgan fingerprint density at radius 1 is 1.10 bits per heavy atom. The SMILES string of the molecule is O=[N+]([O-])c1cccc(-c2nc(-c3ccc(F)cc3)no2)c1. The summed E-state index contributed by atoms with van der Waals surface area (Å²) < 4.78 is 18.0. The summed E-state index contributed by atoms with van der Waals surface area (Å²) in [5, 5.41) is 14.5. The summed E-state index contributed by atoms with van der Waals surface area (Å²) >= 11 is 0. The molecule has 0 N–H and O–H groups in total. The number of hydrogen-bond donors (Lipinski definition) is 0. The molecule has 0 atom stereocenters. The van der Waals surface area contributed by atoms with Crippen LogP contribution < -0.4 is 0 Å². The van der Waals surface area contributed by atoms with E-state index in [0.717, 1.165) is 0 Å². The van der Waals surface area contributed by atoms with E-state index in [1.54, 1.807) is 6.07 Å². The Morgan fingerprint density at radius 3 is 2.57 bits per heavy atom. The van der Waals surface area contributed by atoms with Gasteiger partial charge < -0.3 is 4.52 Å². The van der Waals surface area contributed by atoms with E-state index in [4.69, 9.17) is 4.52 Å². The van der Waals surface area contributed by atoms with Gasteiger partial charge in [0.25, 0.3) is 11.6 Å². The lowest BCUT2D eigenvalue weighted by atomic mass is 10.2. The molecule has 0 spiro atoms. The first kappa shape index (κ1) is 12.9. The molecule has 0 aliphatic rings. The molecule has 0 amide bonds. The summed E-state index contributed by atoms with van der Waals surface area (Å²) in [7, 11) is 0. The predicted molar refractivity (Wildman–Crippen MR) is 71.8 cm³/mol. The summed E-state index contributed by atoms with van der Waals surface area (Å²) in [5.74, 6) is 0.0932. The lowest BCUT2D eigenvalue weighted by Crippen LogP contribution is -1.88. The van der Waals surface area contributed by atoms with Crippen molar-refractivity contribution in [2.24, 2.45) is 0 Å². The topological polar surface area (TPSA) is 82.1 Å². The predicted octanol–water partition coefficient (Wildman–Crippen LogP) is 3.45. The zero-order valence-corrected chi connectivity index (χ0v) is 10.6. The first-order valence-corrected chi connectivity index (χ1v) is 5.98. The number of aromatic nitrogens is 2. The van der Waals surface area contributed by atoms with E-state index in [-0.39, 0.29) is 23.2 Å². The summed E-state index contributed by atoms with van der Waals surface area (Å²) in [5.41, 5.74) is 0.982. The molecule has 0 saturated heterocycles. The van der Waals surface area contributed by atoms with Gasteiger partial charge in [-0.05, 0) is 30.3 Å². The summed E-state index contributed by atoms with van der Waals surface area (Å²) in [6.45, 7) is 0. The van der Waals surface area contributed by atoms with Gasteiger partial charge in [-0.2, -0.15) is 4.98 Å². The zero-order valence-electron chi connectivity index (χ0n) is 10.6. The Balaban J connectivity index is 1.96. The molecule has 0 aliphatic carbocycles. The molecule has 104 valence electrons. The second kappa shape index (κ2) is 5.12. The Hall–Kier alpha value is -3.09. The van der Waals surface area contributed by atoms with E-state index >= 15 is 0 Å². The second-order valence-electron chi connectivity index (χ2n) is 4.24. The second-order valence-corrected chi connectivity index (χ2v) is 4.24. The quantitative estimate of drug-likeness (QED) is 0.543. The first-order valence-electron chi connectivity index (χ1n) is 5.98. The van der Waals surface area contributed by atoms with E-state index in [1.807, 2.05) is 0 Å². The third-order valence-electron chi connectivity index (χ3n) is 2.83. The highest BCUT2D eigenvalue weighted by Gasteiger charge is 2.13. The maximum absolute atomic E-state index is 12.9. The van der Waals surface area contributed by atoms with Gasteiger partial charge in [0, 0.05) is 23.3 Å². The van der Waals surface area contributed by atoms with Crippen molar-refractivity contribution in [1.29, 1.82) is 0 Å². The van der Waals surface area contributed by atoms with Crippen LogP contribution in [0.3, 0.4) is 0 Å². The Labute approximate surface area is 118 Å². The van der Waals surface area contributed by atoms with Crippen molar-refractivity contribution in [3.05, 3.63) is 64.5 Å². The number of nitrogens with zero attached hydrogens (tertiary/aromatic N) is 3. The Kier molecular flexibility index (Phi) is 3.15. The number of nitro groups is 1. The molecule has 2 aromatic carbocycles. The van der Waals surface area contributed by atoms with Gasteiger partial charge in [-0.1, -0.05) is 11.2 Å². The average Bonchev–Trinajstić information content (AvgIpc) is 2.98. The zero-order chi connectivity index (χ0) is 14.8. The van der Waals surface area contributed by atoms with Crippen LogP contribution in [0.5, 0.6) is 0 Å². The summed E-state index contributed by atoms with van der Waals surface area (Å²) in [4.78, 5) is 14.4. The molecule has 0 fully saturated rings. The van der Waals surface area contributed by atoms with Gasteiger partial charge in [-0.3, -0.25) is 10.1 Å². The summed E-state index contributed by atoms with van der Waals surface area (Å²) in [6.07, 6.45) is 0. The van der Waals surface area contributed by atoms with Crippen LogP contribution in [-0.4, -0.2) is 15.1 Å². The van der Waals surface area contributed by atoms with Crippen LogP contribution in [0.15, 0.2) is 53.1 Å². The van der Waals surface area contributed by atoms with Crippen molar-refractivity contribution in [3.63, 3.8) is 0 Å². The normalized spacial score (nSPS) is 10.5. The van der Waals surface area contributed by atoms with Crippen molar-refractivity contribution in [2.75, 3.05) is 0 Å². The van der Waals surface area contributed by atoms with Crippen LogP contribution in [-0.2, 0) is 0 Å². The Bertz CT molecular complexity index is 799. The third kappa shape index (κ3) is 2.62. The van der Waals surface area contributed by atoms with Crippen LogP contribution in [0.4, 0.5) is 10.1 Å². The molecule has 3 aromatic rings. The molecular weight excluding hydrogens is 277 g/mol. The van der Waals surface area contributed by atoms with Gasteiger partial charge in [-0.15, -0.1) is 0 Å². The van der Waals surface area contributed by atoms with Gasteiger partial charge in [0.1, 0.15) is 5.82 Å². The fourth-order valence-electron chi connectivity index (χ4n) is 1.81. The maximum Gasteiger partial charge on any atom is 0.270 e. The minimum atomic E-state index is -0.499. The van der Waals surface area contributed by atoms with E-state index in [2.05, 4.69) is 10.1 Å². The van der Waals surface area contributed by atoms with Crippen molar-refractivity contribution < 1.29 is 13.8 Å². The summed E-state index contributed by atoms with van der Waals surface area (Å²) in [6, 6.07) is 11.5. The average molecular weight is 285 g/mol. The number of halogens is 1. The van der Waals surface area contributed by atoms with Crippen LogP contribution in [0.1, 0.15) is 0 Å². The van der Waals surface area contributed by atoms with Gasteiger partial charge >= 0.3 is 0 Å². The van der Waals surface area contributed by atoms with E-state index in [1.165, 1.54) is 42.5 Å². The lowest BCUT2D eigenvalue weighted by Gasteiger charge is -1.94. The fraction of sp³-hybridized carbons (Fsp3) is 0.